The minimum atomic E-state index is -0.887. The molecule has 4 rings (SSSR count). The number of nitrogens with zero attached hydrogens (tertiary/aromatic N) is 1. The van der Waals surface area contributed by atoms with Gasteiger partial charge in [0.05, 0.1) is 16.6 Å². The molecule has 0 atom stereocenters. The van der Waals surface area contributed by atoms with Crippen LogP contribution in [-0.2, 0) is 7.05 Å². The van der Waals surface area contributed by atoms with E-state index in [4.69, 9.17) is 4.42 Å². The van der Waals surface area contributed by atoms with Gasteiger partial charge in [0.15, 0.2) is 0 Å². The summed E-state index contributed by atoms with van der Waals surface area (Å²) in [7, 11) is 1.63. The number of carbonyl (C=O) groups is 1. The lowest BCUT2D eigenvalue weighted by Crippen LogP contribution is -2.16. The lowest BCUT2D eigenvalue weighted by Gasteiger charge is -2.08. The molecule has 0 radical (unpaired) electrons. The predicted octanol–water partition coefficient (Wildman–Crippen LogP) is 3.82. The molecule has 2 aromatic carbocycles. The maximum Gasteiger partial charge on any atom is 0.345 e. The zero-order valence-electron chi connectivity index (χ0n) is 13.5. The number of aryl methyl sites for hydroxylation is 1. The second-order valence-electron chi connectivity index (χ2n) is 5.81. The van der Waals surface area contributed by atoms with Crippen LogP contribution < -0.4 is 10.9 Å². The molecular formula is C19H12F2N2O3. The number of hydrogen-bond donors (Lipinski definition) is 1. The van der Waals surface area contributed by atoms with Gasteiger partial charge >= 0.3 is 5.63 Å². The molecular weight excluding hydrogens is 342 g/mol. The number of amides is 1. The summed E-state index contributed by atoms with van der Waals surface area (Å²) in [5, 5.41) is 3.31. The van der Waals surface area contributed by atoms with Gasteiger partial charge in [-0.05, 0) is 30.3 Å². The second kappa shape index (κ2) is 5.80. The molecule has 1 N–H and O–H groups in total. The van der Waals surface area contributed by atoms with Crippen molar-refractivity contribution >= 4 is 33.5 Å². The molecule has 0 aliphatic rings. The van der Waals surface area contributed by atoms with E-state index in [1.165, 1.54) is 6.07 Å². The van der Waals surface area contributed by atoms with Gasteiger partial charge in [0, 0.05) is 18.5 Å². The summed E-state index contributed by atoms with van der Waals surface area (Å²) in [6.07, 6.45) is 0. The fourth-order valence-electron chi connectivity index (χ4n) is 2.99. The van der Waals surface area contributed by atoms with Gasteiger partial charge in [-0.1, -0.05) is 12.1 Å². The molecule has 26 heavy (non-hydrogen) atoms. The first-order valence-corrected chi connectivity index (χ1v) is 7.73. The normalized spacial score (nSPS) is 11.2. The standard InChI is InChI=1S/C19H12F2N2O3/c1-23-15(18(24)22-14-7-6-10(20)8-13(14)21)9-12-17(23)11-4-2-3-5-16(11)26-19(12)25/h2-9H,1H3,(H,22,24). The number of hydrogen-bond acceptors (Lipinski definition) is 3. The van der Waals surface area contributed by atoms with Crippen molar-refractivity contribution in [3.8, 4) is 0 Å². The number of rotatable bonds is 2. The number of benzene rings is 2. The molecule has 0 saturated heterocycles. The summed E-state index contributed by atoms with van der Waals surface area (Å²) in [6, 6.07) is 11.2. The Balaban J connectivity index is 1.85. The van der Waals surface area contributed by atoms with E-state index >= 15 is 0 Å². The molecule has 0 aliphatic carbocycles. The van der Waals surface area contributed by atoms with E-state index in [0.717, 1.165) is 12.1 Å². The Morgan fingerprint density at radius 1 is 1.08 bits per heavy atom. The van der Waals surface area contributed by atoms with Crippen molar-refractivity contribution in [2.45, 2.75) is 0 Å². The van der Waals surface area contributed by atoms with Crippen LogP contribution >= 0.6 is 0 Å². The molecule has 0 aliphatic heterocycles. The van der Waals surface area contributed by atoms with Crippen LogP contribution in [0.4, 0.5) is 14.5 Å². The van der Waals surface area contributed by atoms with Gasteiger partial charge in [0.1, 0.15) is 22.9 Å². The van der Waals surface area contributed by atoms with Crippen molar-refractivity contribution in [2.75, 3.05) is 5.32 Å². The quantitative estimate of drug-likeness (QED) is 0.557. The highest BCUT2D eigenvalue weighted by Gasteiger charge is 2.19. The predicted molar refractivity (Wildman–Crippen MR) is 93.3 cm³/mol. The first-order chi connectivity index (χ1) is 12.5. The van der Waals surface area contributed by atoms with Crippen LogP contribution in [0, 0.1) is 11.6 Å². The van der Waals surface area contributed by atoms with Gasteiger partial charge in [-0.15, -0.1) is 0 Å². The fourth-order valence-corrected chi connectivity index (χ4v) is 2.99. The lowest BCUT2D eigenvalue weighted by molar-refractivity contribution is 0.101. The molecule has 2 heterocycles. The fraction of sp³-hybridized carbons (Fsp3) is 0.0526. The number of fused-ring (bicyclic) bond motifs is 3. The average Bonchev–Trinajstić information content (AvgIpc) is 2.96. The van der Waals surface area contributed by atoms with E-state index in [9.17, 15) is 18.4 Å². The van der Waals surface area contributed by atoms with Crippen LogP contribution in [0.25, 0.3) is 21.9 Å². The first kappa shape index (κ1) is 16.0. The smallest absolute Gasteiger partial charge is 0.345 e. The number of aromatic nitrogens is 1. The largest absolute Gasteiger partial charge is 0.422 e. The van der Waals surface area contributed by atoms with Gasteiger partial charge in [-0.2, -0.15) is 0 Å². The zero-order valence-corrected chi connectivity index (χ0v) is 13.5. The Hall–Kier alpha value is -3.48. The maximum absolute atomic E-state index is 13.8. The second-order valence-corrected chi connectivity index (χ2v) is 5.81. The topological polar surface area (TPSA) is 64.2 Å². The summed E-state index contributed by atoms with van der Waals surface area (Å²) in [6.45, 7) is 0. The molecule has 5 nitrogen and oxygen atoms in total. The summed E-state index contributed by atoms with van der Waals surface area (Å²) >= 11 is 0. The number of anilines is 1. The molecule has 7 heteroatoms. The van der Waals surface area contributed by atoms with E-state index < -0.39 is 23.2 Å². The van der Waals surface area contributed by atoms with Crippen molar-refractivity contribution in [1.82, 2.24) is 4.57 Å². The highest BCUT2D eigenvalue weighted by atomic mass is 19.1. The summed E-state index contributed by atoms with van der Waals surface area (Å²) in [5.74, 6) is -2.26. The van der Waals surface area contributed by atoms with Gasteiger partial charge < -0.3 is 14.3 Å². The Labute approximate surface area is 145 Å². The van der Waals surface area contributed by atoms with Crippen molar-refractivity contribution in [2.24, 2.45) is 7.05 Å². The van der Waals surface area contributed by atoms with Crippen LogP contribution in [0.3, 0.4) is 0 Å². The van der Waals surface area contributed by atoms with Crippen LogP contribution in [0.1, 0.15) is 10.5 Å². The molecule has 0 bridgehead atoms. The third-order valence-electron chi connectivity index (χ3n) is 4.21. The third kappa shape index (κ3) is 2.45. The summed E-state index contributed by atoms with van der Waals surface area (Å²) in [5.41, 5.74) is 0.372. The molecule has 0 unspecified atom stereocenters. The lowest BCUT2D eigenvalue weighted by atomic mass is 10.2. The third-order valence-corrected chi connectivity index (χ3v) is 4.21. The minimum Gasteiger partial charge on any atom is -0.422 e. The van der Waals surface area contributed by atoms with Gasteiger partial charge in [-0.3, -0.25) is 4.79 Å². The molecule has 1 amide bonds. The van der Waals surface area contributed by atoms with Gasteiger partial charge in [0.2, 0.25) is 0 Å². The Morgan fingerprint density at radius 3 is 2.62 bits per heavy atom. The molecule has 0 spiro atoms. The maximum atomic E-state index is 13.8. The van der Waals surface area contributed by atoms with Crippen LogP contribution in [0.2, 0.25) is 0 Å². The van der Waals surface area contributed by atoms with Crippen LogP contribution in [-0.4, -0.2) is 10.5 Å². The van der Waals surface area contributed by atoms with E-state index in [0.29, 0.717) is 22.6 Å². The summed E-state index contributed by atoms with van der Waals surface area (Å²) < 4.78 is 33.6. The van der Waals surface area contributed by atoms with Crippen molar-refractivity contribution in [3.63, 3.8) is 0 Å². The van der Waals surface area contributed by atoms with Gasteiger partial charge in [-0.25, -0.2) is 13.6 Å². The van der Waals surface area contributed by atoms with Crippen molar-refractivity contribution in [3.05, 3.63) is 76.3 Å². The SMILES string of the molecule is Cn1c(C(=O)Nc2ccc(F)cc2F)cc2c(=O)oc3ccccc3c21. The van der Waals surface area contributed by atoms with E-state index in [-0.39, 0.29) is 16.8 Å². The number of nitrogens with one attached hydrogen (secondary N) is 1. The number of carbonyl (C=O) groups excluding carboxylic acids is 1. The Kier molecular flexibility index (Phi) is 3.57. The summed E-state index contributed by atoms with van der Waals surface area (Å²) in [4.78, 5) is 24.8. The molecule has 130 valence electrons. The molecule has 2 aromatic heterocycles. The average molecular weight is 354 g/mol. The molecule has 0 fully saturated rings. The highest BCUT2D eigenvalue weighted by molar-refractivity contribution is 6.10. The first-order valence-electron chi connectivity index (χ1n) is 7.73. The highest BCUT2D eigenvalue weighted by Crippen LogP contribution is 2.26. The number of para-hydroxylation sites is 1. The minimum absolute atomic E-state index is 0.146. The van der Waals surface area contributed by atoms with Crippen molar-refractivity contribution < 1.29 is 18.0 Å². The van der Waals surface area contributed by atoms with Crippen molar-refractivity contribution in [1.29, 1.82) is 0 Å². The van der Waals surface area contributed by atoms with Crippen LogP contribution in [0.15, 0.2) is 57.7 Å². The van der Waals surface area contributed by atoms with E-state index in [1.54, 1.807) is 35.9 Å². The van der Waals surface area contributed by atoms with E-state index in [2.05, 4.69) is 5.32 Å². The monoisotopic (exact) mass is 354 g/mol. The Bertz CT molecular complexity index is 1240. The Morgan fingerprint density at radius 2 is 1.85 bits per heavy atom. The molecule has 0 saturated carbocycles. The van der Waals surface area contributed by atoms with Gasteiger partial charge in [0.25, 0.3) is 5.91 Å². The molecule has 4 aromatic rings. The number of halogens is 2. The zero-order chi connectivity index (χ0) is 18.4. The van der Waals surface area contributed by atoms with Crippen LogP contribution in [0.5, 0.6) is 0 Å². The van der Waals surface area contributed by atoms with E-state index in [1.807, 2.05) is 0 Å².